The van der Waals surface area contributed by atoms with Crippen LogP contribution < -0.4 is 5.32 Å². The van der Waals surface area contributed by atoms with Crippen LogP contribution in [0, 0.1) is 13.8 Å². The number of amides is 1. The topological polar surface area (TPSA) is 42.2 Å². The monoisotopic (exact) mass is 311 g/mol. The van der Waals surface area contributed by atoms with Crippen molar-refractivity contribution in [2.75, 3.05) is 6.54 Å². The first-order valence-electron chi connectivity index (χ1n) is 8.55. The smallest absolute Gasteiger partial charge is 0.224 e. The lowest BCUT2D eigenvalue weighted by Crippen LogP contribution is -2.26. The third-order valence-corrected chi connectivity index (χ3v) is 4.60. The maximum Gasteiger partial charge on any atom is 0.224 e. The van der Waals surface area contributed by atoms with Crippen molar-refractivity contribution in [3.8, 4) is 0 Å². The molecule has 3 rings (SSSR count). The zero-order chi connectivity index (χ0) is 16.2. The zero-order valence-electron chi connectivity index (χ0n) is 14.1. The van der Waals surface area contributed by atoms with Gasteiger partial charge in [-0.05, 0) is 63.1 Å². The Kier molecular flexibility index (Phi) is 4.85. The molecule has 1 N–H and O–H groups in total. The summed E-state index contributed by atoms with van der Waals surface area (Å²) in [4.78, 5) is 12.2. The van der Waals surface area contributed by atoms with E-state index >= 15 is 0 Å². The Morgan fingerprint density at radius 2 is 2.13 bits per heavy atom. The van der Waals surface area contributed by atoms with Crippen molar-refractivity contribution in [1.82, 2.24) is 5.32 Å². The highest BCUT2D eigenvalue weighted by atomic mass is 16.3. The van der Waals surface area contributed by atoms with Gasteiger partial charge in [0.2, 0.25) is 5.91 Å². The lowest BCUT2D eigenvalue weighted by molar-refractivity contribution is -0.120. The van der Waals surface area contributed by atoms with Gasteiger partial charge in [-0.3, -0.25) is 4.79 Å². The van der Waals surface area contributed by atoms with E-state index in [0.717, 1.165) is 29.5 Å². The van der Waals surface area contributed by atoms with Crippen molar-refractivity contribution in [2.45, 2.75) is 52.4 Å². The molecule has 1 aliphatic rings. The highest BCUT2D eigenvalue weighted by Gasteiger charge is 2.13. The minimum atomic E-state index is 0.0732. The number of hydrogen-bond donors (Lipinski definition) is 1. The largest absolute Gasteiger partial charge is 0.464 e. The SMILES string of the molecule is Cc1cc(C)c2c(CC(=O)NCCC3=CCCCC3)coc2c1. The van der Waals surface area contributed by atoms with Crippen LogP contribution in [0.1, 0.15) is 48.8 Å². The van der Waals surface area contributed by atoms with Gasteiger partial charge in [-0.1, -0.05) is 17.7 Å². The average molecular weight is 311 g/mol. The van der Waals surface area contributed by atoms with Crippen LogP contribution in [-0.4, -0.2) is 12.5 Å². The molecule has 1 aromatic heterocycles. The van der Waals surface area contributed by atoms with Crippen LogP contribution in [0.5, 0.6) is 0 Å². The molecule has 3 nitrogen and oxygen atoms in total. The number of rotatable bonds is 5. The molecule has 2 aromatic rings. The predicted molar refractivity (Wildman–Crippen MR) is 93.6 cm³/mol. The van der Waals surface area contributed by atoms with E-state index in [4.69, 9.17) is 4.42 Å². The fourth-order valence-electron chi connectivity index (χ4n) is 3.49. The molecule has 0 saturated carbocycles. The molecule has 0 saturated heterocycles. The van der Waals surface area contributed by atoms with Gasteiger partial charge in [0.15, 0.2) is 0 Å². The second-order valence-corrected chi connectivity index (χ2v) is 6.60. The maximum atomic E-state index is 12.2. The molecule has 0 atom stereocenters. The third-order valence-electron chi connectivity index (χ3n) is 4.60. The average Bonchev–Trinajstić information content (AvgIpc) is 2.91. The minimum absolute atomic E-state index is 0.0732. The summed E-state index contributed by atoms with van der Waals surface area (Å²) in [6.45, 7) is 4.86. The van der Waals surface area contributed by atoms with Gasteiger partial charge >= 0.3 is 0 Å². The van der Waals surface area contributed by atoms with Crippen molar-refractivity contribution in [2.24, 2.45) is 0 Å². The van der Waals surface area contributed by atoms with E-state index < -0.39 is 0 Å². The number of hydrogen-bond acceptors (Lipinski definition) is 2. The number of benzene rings is 1. The van der Waals surface area contributed by atoms with Crippen LogP contribution in [0.15, 0.2) is 34.5 Å². The van der Waals surface area contributed by atoms with E-state index in [1.807, 2.05) is 6.07 Å². The number of carbonyl (C=O) groups excluding carboxylic acids is 1. The molecular formula is C20H25NO2. The number of nitrogens with one attached hydrogen (secondary N) is 1. The summed E-state index contributed by atoms with van der Waals surface area (Å²) in [5.74, 6) is 0.0732. The van der Waals surface area contributed by atoms with Gasteiger partial charge in [0.05, 0.1) is 12.7 Å². The van der Waals surface area contributed by atoms with Crippen LogP contribution in [-0.2, 0) is 11.2 Å². The number of aryl methyl sites for hydroxylation is 2. The summed E-state index contributed by atoms with van der Waals surface area (Å²) < 4.78 is 5.62. The van der Waals surface area contributed by atoms with Gasteiger partial charge < -0.3 is 9.73 Å². The Bertz CT molecular complexity index is 739. The van der Waals surface area contributed by atoms with Crippen molar-refractivity contribution < 1.29 is 9.21 Å². The number of furan rings is 1. The Hall–Kier alpha value is -2.03. The number of fused-ring (bicyclic) bond motifs is 1. The summed E-state index contributed by atoms with van der Waals surface area (Å²) in [6, 6.07) is 4.16. The van der Waals surface area contributed by atoms with Crippen molar-refractivity contribution >= 4 is 16.9 Å². The molecule has 23 heavy (non-hydrogen) atoms. The number of allylic oxidation sites excluding steroid dienone is 1. The van der Waals surface area contributed by atoms with E-state index in [-0.39, 0.29) is 5.91 Å². The summed E-state index contributed by atoms with van der Waals surface area (Å²) in [5.41, 5.74) is 5.70. The summed E-state index contributed by atoms with van der Waals surface area (Å²) in [6.07, 6.45) is 10.4. The Balaban J connectivity index is 1.58. The second-order valence-electron chi connectivity index (χ2n) is 6.60. The van der Waals surface area contributed by atoms with Crippen LogP contribution in [0.4, 0.5) is 0 Å². The first-order valence-corrected chi connectivity index (χ1v) is 8.55. The van der Waals surface area contributed by atoms with Gasteiger partial charge in [0, 0.05) is 17.5 Å². The van der Waals surface area contributed by atoms with E-state index in [1.54, 1.807) is 6.26 Å². The van der Waals surface area contributed by atoms with Crippen LogP contribution in [0.25, 0.3) is 11.0 Å². The molecule has 0 aliphatic heterocycles. The predicted octanol–water partition coefficient (Wildman–Crippen LogP) is 4.60. The van der Waals surface area contributed by atoms with Crippen LogP contribution in [0.2, 0.25) is 0 Å². The third kappa shape index (κ3) is 3.84. The van der Waals surface area contributed by atoms with Gasteiger partial charge in [0.1, 0.15) is 5.58 Å². The molecule has 1 aromatic carbocycles. The zero-order valence-corrected chi connectivity index (χ0v) is 14.1. The Morgan fingerprint density at radius 1 is 1.26 bits per heavy atom. The van der Waals surface area contributed by atoms with E-state index in [1.165, 1.54) is 42.4 Å². The molecule has 3 heteroatoms. The van der Waals surface area contributed by atoms with Crippen molar-refractivity contribution in [3.05, 3.63) is 46.7 Å². The van der Waals surface area contributed by atoms with Gasteiger partial charge in [-0.15, -0.1) is 0 Å². The normalized spacial score (nSPS) is 14.8. The van der Waals surface area contributed by atoms with Gasteiger partial charge in [-0.2, -0.15) is 0 Å². The standard InChI is InChI=1S/C20H25NO2/c1-14-10-15(2)20-17(13-23-18(20)11-14)12-19(22)21-9-8-16-6-4-3-5-7-16/h6,10-11,13H,3-5,7-9,12H2,1-2H3,(H,21,22). The van der Waals surface area contributed by atoms with Gasteiger partial charge in [0.25, 0.3) is 0 Å². The molecular weight excluding hydrogens is 286 g/mol. The lowest BCUT2D eigenvalue weighted by Gasteiger charge is -2.12. The highest BCUT2D eigenvalue weighted by Crippen LogP contribution is 2.26. The minimum Gasteiger partial charge on any atom is -0.464 e. The molecule has 0 unspecified atom stereocenters. The fourth-order valence-corrected chi connectivity index (χ4v) is 3.49. The molecule has 122 valence electrons. The fraction of sp³-hybridized carbons (Fsp3) is 0.450. The van der Waals surface area contributed by atoms with Crippen molar-refractivity contribution in [3.63, 3.8) is 0 Å². The Labute approximate surface area is 137 Å². The van der Waals surface area contributed by atoms with Gasteiger partial charge in [-0.25, -0.2) is 0 Å². The molecule has 0 bridgehead atoms. The molecule has 1 aliphatic carbocycles. The van der Waals surface area contributed by atoms with E-state index in [2.05, 4.69) is 31.3 Å². The molecule has 0 radical (unpaired) electrons. The quantitative estimate of drug-likeness (QED) is 0.820. The maximum absolute atomic E-state index is 12.2. The first-order chi connectivity index (χ1) is 11.1. The first kappa shape index (κ1) is 15.9. The van der Waals surface area contributed by atoms with Crippen LogP contribution in [0.3, 0.4) is 0 Å². The van der Waals surface area contributed by atoms with E-state index in [0.29, 0.717) is 6.42 Å². The molecule has 1 amide bonds. The Morgan fingerprint density at radius 3 is 2.91 bits per heavy atom. The molecule has 0 fully saturated rings. The number of carbonyl (C=O) groups is 1. The summed E-state index contributed by atoms with van der Waals surface area (Å²) >= 11 is 0. The molecule has 1 heterocycles. The lowest BCUT2D eigenvalue weighted by atomic mass is 9.97. The molecule has 0 spiro atoms. The summed E-state index contributed by atoms with van der Waals surface area (Å²) in [5, 5.41) is 4.13. The second kappa shape index (κ2) is 7.03. The highest BCUT2D eigenvalue weighted by molar-refractivity contribution is 5.90. The van der Waals surface area contributed by atoms with E-state index in [9.17, 15) is 4.79 Å². The van der Waals surface area contributed by atoms with Crippen molar-refractivity contribution in [1.29, 1.82) is 0 Å². The summed E-state index contributed by atoms with van der Waals surface area (Å²) in [7, 11) is 0. The van der Waals surface area contributed by atoms with Crippen LogP contribution >= 0.6 is 0 Å².